The number of alkyl halides is 2. The fourth-order valence-electron chi connectivity index (χ4n) is 8.25. The summed E-state index contributed by atoms with van der Waals surface area (Å²) in [5.41, 5.74) is -0.290. The first-order chi connectivity index (χ1) is 27.8. The molecule has 2 aromatic rings. The number of ether oxygens (including phenoxy) is 3. The van der Waals surface area contributed by atoms with Crippen LogP contribution >= 0.6 is 0 Å². The number of rotatable bonds is 9. The molecule has 0 spiro atoms. The predicted molar refractivity (Wildman–Crippen MR) is 213 cm³/mol. The van der Waals surface area contributed by atoms with Gasteiger partial charge in [0.25, 0.3) is 11.8 Å². The number of aromatic nitrogens is 1. The highest BCUT2D eigenvalue weighted by molar-refractivity contribution is 7.91. The Morgan fingerprint density at radius 2 is 1.85 bits per heavy atom. The molecule has 5 atom stereocenters. The number of fused-ring (bicyclic) bond motifs is 3. The topological polar surface area (TPSA) is 186 Å². The second-order valence-electron chi connectivity index (χ2n) is 17.1. The summed E-state index contributed by atoms with van der Waals surface area (Å²) in [6, 6.07) is 2.03. The fraction of sp³-hybridized carbons (Fsp3) is 0.634. The molecular formula is C41H54F2N6O9S. The van der Waals surface area contributed by atoms with Crippen LogP contribution in [0.3, 0.4) is 0 Å². The number of nitrogens with one attached hydrogen (secondary N) is 3. The van der Waals surface area contributed by atoms with E-state index in [1.165, 1.54) is 4.90 Å². The van der Waals surface area contributed by atoms with Crippen molar-refractivity contribution in [3.05, 3.63) is 35.9 Å². The van der Waals surface area contributed by atoms with Gasteiger partial charge < -0.3 is 34.6 Å². The lowest BCUT2D eigenvalue weighted by Gasteiger charge is -2.30. The second-order valence-corrected chi connectivity index (χ2v) is 19.3. The van der Waals surface area contributed by atoms with Gasteiger partial charge >= 0.3 is 6.03 Å². The Morgan fingerprint density at radius 1 is 1.08 bits per heavy atom. The van der Waals surface area contributed by atoms with Gasteiger partial charge in [-0.25, -0.2) is 27.0 Å². The third-order valence-corrected chi connectivity index (χ3v) is 14.4. The zero-order valence-electron chi connectivity index (χ0n) is 34.1. The molecule has 3 N–H and O–H groups in total. The van der Waals surface area contributed by atoms with Gasteiger partial charge in [0, 0.05) is 42.3 Å². The molecule has 1 aromatic heterocycles. The number of likely N-dealkylation sites (tertiary alicyclic amines) is 1. The maximum Gasteiger partial charge on any atom is 0.318 e. The van der Waals surface area contributed by atoms with Gasteiger partial charge in [0.1, 0.15) is 35.2 Å². The lowest BCUT2D eigenvalue weighted by molar-refractivity contribution is -0.141. The van der Waals surface area contributed by atoms with E-state index in [1.54, 1.807) is 32.2 Å². The summed E-state index contributed by atoms with van der Waals surface area (Å²) in [5.74, 6) is -4.44. The summed E-state index contributed by atoms with van der Waals surface area (Å²) in [6.07, 6.45) is 5.85. The Labute approximate surface area is 343 Å². The number of carbonyl (C=O) groups excluding carboxylic acids is 4. The Kier molecular flexibility index (Phi) is 11.5. The van der Waals surface area contributed by atoms with Gasteiger partial charge in [0.15, 0.2) is 0 Å². The quantitative estimate of drug-likeness (QED) is 0.304. The van der Waals surface area contributed by atoms with E-state index in [-0.39, 0.29) is 44.3 Å². The zero-order chi connectivity index (χ0) is 42.5. The number of sulfonamides is 1. The van der Waals surface area contributed by atoms with Crippen LogP contribution in [0.15, 0.2) is 30.4 Å². The summed E-state index contributed by atoms with van der Waals surface area (Å²) < 4.78 is 74.0. The average molecular weight is 845 g/mol. The SMILES string of the molecule is COc1ccc2c(OC3CC4C(=O)NC5(C(=O)NS(=O)(=O)C6(C)CC6)CC5C=CCCCCCC(NC(=O)N5CCC(F)(F)C5)C(=O)N4C3)cc(OC(C)C)nc2c1C. The predicted octanol–water partition coefficient (Wildman–Crippen LogP) is 4.50. The Balaban J connectivity index is 1.22. The molecule has 5 amide bonds. The number of pyridine rings is 1. The minimum Gasteiger partial charge on any atom is -0.496 e. The molecule has 2 saturated heterocycles. The normalized spacial score (nSPS) is 27.9. The molecule has 4 heterocycles. The summed E-state index contributed by atoms with van der Waals surface area (Å²) in [5, 5.41) is 6.18. The smallest absolute Gasteiger partial charge is 0.318 e. The molecule has 2 saturated carbocycles. The monoisotopic (exact) mass is 844 g/mol. The van der Waals surface area contributed by atoms with E-state index in [0.717, 1.165) is 10.5 Å². The number of aryl methyl sites for hydroxylation is 1. The van der Waals surface area contributed by atoms with Crippen molar-refractivity contribution in [2.75, 3.05) is 26.7 Å². The van der Waals surface area contributed by atoms with Gasteiger partial charge in [-0.1, -0.05) is 25.0 Å². The number of allylic oxidation sites excluding steroid dienone is 1. The van der Waals surface area contributed by atoms with Gasteiger partial charge in [-0.05, 0) is 78.4 Å². The van der Waals surface area contributed by atoms with Crippen LogP contribution in [-0.2, 0) is 24.4 Å². The molecule has 4 fully saturated rings. The Bertz CT molecular complexity index is 2150. The fourth-order valence-corrected chi connectivity index (χ4v) is 9.57. The minimum atomic E-state index is -4.04. The van der Waals surface area contributed by atoms with Crippen LogP contribution < -0.4 is 29.6 Å². The molecule has 1 aromatic carbocycles. The molecule has 0 radical (unpaired) electrons. The number of urea groups is 1. The van der Waals surface area contributed by atoms with Gasteiger partial charge in [-0.15, -0.1) is 0 Å². The van der Waals surface area contributed by atoms with E-state index in [9.17, 15) is 36.4 Å². The van der Waals surface area contributed by atoms with Crippen LogP contribution in [0.2, 0.25) is 0 Å². The zero-order valence-corrected chi connectivity index (χ0v) is 35.0. The molecule has 5 unspecified atom stereocenters. The number of methoxy groups -OCH3 is 1. The van der Waals surface area contributed by atoms with E-state index in [1.807, 2.05) is 32.9 Å². The van der Waals surface area contributed by atoms with Crippen molar-refractivity contribution in [1.29, 1.82) is 0 Å². The van der Waals surface area contributed by atoms with Crippen LogP contribution in [0, 0.1) is 12.8 Å². The van der Waals surface area contributed by atoms with Crippen molar-refractivity contribution in [3.8, 4) is 17.4 Å². The molecule has 3 aliphatic heterocycles. The Morgan fingerprint density at radius 3 is 2.53 bits per heavy atom. The highest BCUT2D eigenvalue weighted by Gasteiger charge is 2.63. The van der Waals surface area contributed by atoms with Crippen molar-refractivity contribution >= 4 is 44.7 Å². The first-order valence-electron chi connectivity index (χ1n) is 20.5. The second kappa shape index (κ2) is 16.0. The van der Waals surface area contributed by atoms with E-state index in [0.29, 0.717) is 60.9 Å². The first-order valence-corrected chi connectivity index (χ1v) is 21.9. The molecule has 5 aliphatic rings. The molecular weight excluding hydrogens is 791 g/mol. The maximum absolute atomic E-state index is 14.7. The minimum absolute atomic E-state index is 0.0372. The molecule has 15 nitrogen and oxygen atoms in total. The maximum atomic E-state index is 14.7. The third kappa shape index (κ3) is 8.78. The van der Waals surface area contributed by atoms with Crippen molar-refractivity contribution in [1.82, 2.24) is 30.1 Å². The van der Waals surface area contributed by atoms with Gasteiger partial charge in [0.2, 0.25) is 27.7 Å². The summed E-state index contributed by atoms with van der Waals surface area (Å²) >= 11 is 0. The van der Waals surface area contributed by atoms with Crippen molar-refractivity contribution < 1.29 is 50.6 Å². The number of hydrogen-bond acceptors (Lipinski definition) is 10. The van der Waals surface area contributed by atoms with Crippen LogP contribution in [0.4, 0.5) is 13.6 Å². The summed E-state index contributed by atoms with van der Waals surface area (Å²) in [7, 11) is -2.49. The van der Waals surface area contributed by atoms with Crippen LogP contribution in [0.5, 0.6) is 17.4 Å². The molecule has 18 heteroatoms. The number of benzene rings is 1. The van der Waals surface area contributed by atoms with Gasteiger partial charge in [-0.3, -0.25) is 19.1 Å². The first kappa shape index (κ1) is 42.4. The summed E-state index contributed by atoms with van der Waals surface area (Å²) in [4.78, 5) is 63.6. The average Bonchev–Trinajstić information content (AvgIpc) is 3.99. The standard InChI is InChI=1S/C41H54F2N6O9S/c1-24(2)57-33-20-32(28-13-14-31(56-5)25(3)34(28)45-33)58-27-19-30-35(50)46-41(37(52)47-59(54,55)39(4)15-16-39)21-26(41)11-9-7-6-8-10-12-29(36(51)49(30)22-27)44-38(53)48-18-17-40(42,43)23-48/h9,11,13-14,20,24,26-27,29-30H,6-8,10,12,15-19,21-23H2,1-5H3,(H,44,53)(H,46,50)(H,47,52). The van der Waals surface area contributed by atoms with Gasteiger partial charge in [-0.2, -0.15) is 0 Å². The third-order valence-electron chi connectivity index (χ3n) is 12.2. The van der Waals surface area contributed by atoms with Crippen LogP contribution in [0.1, 0.15) is 90.5 Å². The van der Waals surface area contributed by atoms with Crippen molar-refractivity contribution in [3.63, 3.8) is 0 Å². The van der Waals surface area contributed by atoms with Crippen LogP contribution in [-0.4, -0.2) is 114 Å². The highest BCUT2D eigenvalue weighted by Crippen LogP contribution is 2.48. The number of hydrogen-bond donors (Lipinski definition) is 3. The highest BCUT2D eigenvalue weighted by atomic mass is 32.2. The number of carbonyl (C=O) groups is 4. The molecule has 7 rings (SSSR count). The molecule has 59 heavy (non-hydrogen) atoms. The Hall–Kier alpha value is -4.74. The van der Waals surface area contributed by atoms with Crippen LogP contribution in [0.25, 0.3) is 10.9 Å². The van der Waals surface area contributed by atoms with Gasteiger partial charge in [0.05, 0.1) is 36.6 Å². The lowest BCUT2D eigenvalue weighted by atomic mass is 10.0. The number of nitrogens with zero attached hydrogens (tertiary/aromatic N) is 3. The van der Waals surface area contributed by atoms with E-state index >= 15 is 0 Å². The van der Waals surface area contributed by atoms with E-state index in [4.69, 9.17) is 19.2 Å². The van der Waals surface area contributed by atoms with Crippen molar-refractivity contribution in [2.24, 2.45) is 5.92 Å². The summed E-state index contributed by atoms with van der Waals surface area (Å²) in [6.45, 7) is 6.07. The van der Waals surface area contributed by atoms with Crippen molar-refractivity contribution in [2.45, 2.75) is 132 Å². The number of amides is 5. The number of halogens is 2. The molecule has 0 bridgehead atoms. The molecule has 2 aliphatic carbocycles. The lowest BCUT2D eigenvalue weighted by Crippen LogP contribution is -2.59. The van der Waals surface area contributed by atoms with E-state index in [2.05, 4.69) is 15.4 Å². The molecule has 322 valence electrons. The van der Waals surface area contributed by atoms with E-state index < -0.39 is 87.1 Å². The largest absolute Gasteiger partial charge is 0.496 e.